The number of alkyl halides is 3. The van der Waals surface area contributed by atoms with E-state index in [0.29, 0.717) is 4.67 Å². The van der Waals surface area contributed by atoms with Gasteiger partial charge in [-0.25, -0.2) is 0 Å². The average molecular weight is 399 g/mol. The van der Waals surface area contributed by atoms with Crippen LogP contribution in [0.25, 0.3) is 0 Å². The highest BCUT2D eigenvalue weighted by Crippen LogP contribution is 2.32. The van der Waals surface area contributed by atoms with Crippen LogP contribution in [0.1, 0.15) is 15.6 Å². The summed E-state index contributed by atoms with van der Waals surface area (Å²) in [6, 6.07) is 2.88. The van der Waals surface area contributed by atoms with Gasteiger partial charge in [0.05, 0.1) is 6.54 Å². The maximum absolute atomic E-state index is 12.3. The molecule has 0 unspecified atom stereocenters. The molecule has 12 heteroatoms. The van der Waals surface area contributed by atoms with Gasteiger partial charge in [0.25, 0.3) is 5.91 Å². The normalized spacial score (nSPS) is 11.3. The molecule has 2 rings (SSSR count). The van der Waals surface area contributed by atoms with Crippen LogP contribution in [-0.4, -0.2) is 28.6 Å². The monoisotopic (exact) mass is 398 g/mol. The van der Waals surface area contributed by atoms with E-state index in [-0.39, 0.29) is 22.2 Å². The Morgan fingerprint density at radius 2 is 2.05 bits per heavy atom. The van der Waals surface area contributed by atoms with Crippen LogP contribution in [-0.2, 0) is 11.0 Å². The van der Waals surface area contributed by atoms with Crippen molar-refractivity contribution in [2.75, 3.05) is 11.9 Å². The van der Waals surface area contributed by atoms with Crippen molar-refractivity contribution in [3.8, 4) is 0 Å². The minimum atomic E-state index is -4.62. The number of hydrogen-bond donors (Lipinski definition) is 2. The molecule has 0 saturated carbocycles. The number of amides is 2. The quantitative estimate of drug-likeness (QED) is 0.823. The SMILES string of the molecule is O=C(CNC(=O)c1ccc(Br)o1)Nc1nnc(C(F)(F)F)s1. The van der Waals surface area contributed by atoms with Crippen LogP contribution in [0.3, 0.4) is 0 Å². The van der Waals surface area contributed by atoms with Crippen molar-refractivity contribution in [1.82, 2.24) is 15.5 Å². The lowest BCUT2D eigenvalue weighted by molar-refractivity contribution is -0.138. The number of furan rings is 1. The standard InChI is InChI=1S/C10H6BrF3N4O3S/c11-5-2-1-4(21-5)7(20)15-3-6(19)16-9-18-17-8(22-9)10(12,13)14/h1-2H,3H2,(H,15,20)(H,16,18,19). The Hall–Kier alpha value is -1.95. The summed E-state index contributed by atoms with van der Waals surface area (Å²) < 4.78 is 42.2. The molecule has 2 amide bonds. The highest BCUT2D eigenvalue weighted by Gasteiger charge is 2.35. The predicted molar refractivity (Wildman–Crippen MR) is 72.3 cm³/mol. The summed E-state index contributed by atoms with van der Waals surface area (Å²) in [5.41, 5.74) is 0. The molecule has 0 aliphatic carbocycles. The molecule has 0 aromatic carbocycles. The zero-order chi connectivity index (χ0) is 16.3. The summed E-state index contributed by atoms with van der Waals surface area (Å²) in [7, 11) is 0. The molecule has 0 aliphatic rings. The van der Waals surface area contributed by atoms with Crippen LogP contribution in [0.5, 0.6) is 0 Å². The Morgan fingerprint density at radius 3 is 2.59 bits per heavy atom. The molecular formula is C10H6BrF3N4O3S. The highest BCUT2D eigenvalue weighted by atomic mass is 79.9. The van der Waals surface area contributed by atoms with Gasteiger partial charge in [-0.15, -0.1) is 10.2 Å². The second-order valence-corrected chi connectivity index (χ2v) is 5.50. The first-order valence-corrected chi connectivity index (χ1v) is 7.11. The summed E-state index contributed by atoms with van der Waals surface area (Å²) in [5.74, 6) is -1.41. The third kappa shape index (κ3) is 4.27. The van der Waals surface area contributed by atoms with Gasteiger partial charge in [0.1, 0.15) is 0 Å². The van der Waals surface area contributed by atoms with Crippen LogP contribution in [0.15, 0.2) is 21.2 Å². The highest BCUT2D eigenvalue weighted by molar-refractivity contribution is 9.10. The van der Waals surface area contributed by atoms with Crippen LogP contribution >= 0.6 is 27.3 Å². The minimum absolute atomic E-state index is 0.0186. The zero-order valence-electron chi connectivity index (χ0n) is 10.4. The second kappa shape index (κ2) is 6.44. The molecule has 2 aromatic heterocycles. The van der Waals surface area contributed by atoms with Crippen molar-refractivity contribution in [3.05, 3.63) is 27.6 Å². The topological polar surface area (TPSA) is 97.1 Å². The summed E-state index contributed by atoms with van der Waals surface area (Å²) >= 11 is 3.20. The van der Waals surface area contributed by atoms with Crippen LogP contribution < -0.4 is 10.6 Å². The number of halogens is 4. The second-order valence-electron chi connectivity index (χ2n) is 3.74. The summed E-state index contributed by atoms with van der Waals surface area (Å²) in [6.45, 7) is -0.460. The molecule has 118 valence electrons. The first-order chi connectivity index (χ1) is 10.3. The molecule has 0 aliphatic heterocycles. The van der Waals surface area contributed by atoms with E-state index in [9.17, 15) is 22.8 Å². The fourth-order valence-corrected chi connectivity index (χ4v) is 2.17. The molecule has 0 bridgehead atoms. The Balaban J connectivity index is 1.85. The number of aromatic nitrogens is 2. The molecule has 2 aromatic rings. The van der Waals surface area contributed by atoms with Crippen molar-refractivity contribution in [2.45, 2.75) is 6.18 Å². The van der Waals surface area contributed by atoms with E-state index in [1.54, 1.807) is 0 Å². The number of rotatable bonds is 4. The van der Waals surface area contributed by atoms with Gasteiger partial charge < -0.3 is 9.73 Å². The lowest BCUT2D eigenvalue weighted by Crippen LogP contribution is -2.32. The Morgan fingerprint density at radius 1 is 1.32 bits per heavy atom. The fourth-order valence-electron chi connectivity index (χ4n) is 1.24. The molecule has 7 nitrogen and oxygen atoms in total. The smallest absolute Gasteiger partial charge is 0.444 e. The number of anilines is 1. The number of nitrogens with one attached hydrogen (secondary N) is 2. The maximum atomic E-state index is 12.3. The van der Waals surface area contributed by atoms with Crippen molar-refractivity contribution in [3.63, 3.8) is 0 Å². The molecule has 0 atom stereocenters. The molecule has 0 spiro atoms. The fraction of sp³-hybridized carbons (Fsp3) is 0.200. The van der Waals surface area contributed by atoms with Crippen LogP contribution in [0.2, 0.25) is 0 Å². The van der Waals surface area contributed by atoms with Crippen molar-refractivity contribution in [1.29, 1.82) is 0 Å². The van der Waals surface area contributed by atoms with Crippen molar-refractivity contribution in [2.24, 2.45) is 0 Å². The summed E-state index contributed by atoms with van der Waals surface area (Å²) in [6.07, 6.45) is -4.62. The molecule has 0 radical (unpaired) electrons. The van der Waals surface area contributed by atoms with E-state index in [4.69, 9.17) is 4.42 Å². The molecule has 22 heavy (non-hydrogen) atoms. The van der Waals surface area contributed by atoms with E-state index in [1.165, 1.54) is 12.1 Å². The lowest BCUT2D eigenvalue weighted by atomic mass is 10.4. The molecule has 2 N–H and O–H groups in total. The maximum Gasteiger partial charge on any atom is 0.445 e. The van der Waals surface area contributed by atoms with Gasteiger partial charge in [0.15, 0.2) is 10.4 Å². The number of carbonyl (C=O) groups is 2. The number of carbonyl (C=O) groups excluding carboxylic acids is 2. The van der Waals surface area contributed by atoms with Crippen LogP contribution in [0.4, 0.5) is 18.3 Å². The predicted octanol–water partition coefficient (Wildman–Crippen LogP) is 2.28. The summed E-state index contributed by atoms with van der Waals surface area (Å²) in [4.78, 5) is 23.1. The van der Waals surface area contributed by atoms with E-state index in [1.807, 2.05) is 0 Å². The summed E-state index contributed by atoms with van der Waals surface area (Å²) in [5, 5.41) is 8.95. The molecule has 0 fully saturated rings. The number of hydrogen-bond acceptors (Lipinski definition) is 6. The minimum Gasteiger partial charge on any atom is -0.444 e. The Kier molecular flexibility index (Phi) is 4.81. The van der Waals surface area contributed by atoms with Gasteiger partial charge >= 0.3 is 6.18 Å². The molecule has 0 saturated heterocycles. The van der Waals surface area contributed by atoms with E-state index in [0.717, 1.165) is 0 Å². The zero-order valence-corrected chi connectivity index (χ0v) is 12.8. The largest absolute Gasteiger partial charge is 0.445 e. The van der Waals surface area contributed by atoms with Gasteiger partial charge in [-0.3, -0.25) is 14.9 Å². The Labute approximate surface area is 133 Å². The number of nitrogens with zero attached hydrogens (tertiary/aromatic N) is 2. The Bertz CT molecular complexity index is 700. The van der Waals surface area contributed by atoms with E-state index >= 15 is 0 Å². The third-order valence-electron chi connectivity index (χ3n) is 2.12. The van der Waals surface area contributed by atoms with E-state index < -0.39 is 29.5 Å². The van der Waals surface area contributed by atoms with Crippen molar-refractivity contribution >= 4 is 44.2 Å². The molecular weight excluding hydrogens is 393 g/mol. The van der Waals surface area contributed by atoms with Crippen molar-refractivity contribution < 1.29 is 27.2 Å². The van der Waals surface area contributed by atoms with Gasteiger partial charge in [0.2, 0.25) is 16.0 Å². The van der Waals surface area contributed by atoms with Gasteiger partial charge in [-0.1, -0.05) is 11.3 Å². The lowest BCUT2D eigenvalue weighted by Gasteiger charge is -2.02. The molecule has 2 heterocycles. The van der Waals surface area contributed by atoms with Gasteiger partial charge in [0, 0.05) is 0 Å². The first kappa shape index (κ1) is 16.4. The van der Waals surface area contributed by atoms with E-state index in [2.05, 4.69) is 36.8 Å². The van der Waals surface area contributed by atoms with Gasteiger partial charge in [-0.2, -0.15) is 13.2 Å². The third-order valence-corrected chi connectivity index (χ3v) is 3.43. The first-order valence-electron chi connectivity index (χ1n) is 5.50. The average Bonchev–Trinajstić information content (AvgIpc) is 3.04. The van der Waals surface area contributed by atoms with Gasteiger partial charge in [-0.05, 0) is 28.1 Å². The van der Waals surface area contributed by atoms with Crippen LogP contribution in [0, 0.1) is 0 Å².